The van der Waals surface area contributed by atoms with Crippen LogP contribution in [0.2, 0.25) is 10.0 Å². The van der Waals surface area contributed by atoms with Crippen LogP contribution in [0, 0.1) is 0 Å². The molecule has 0 aliphatic rings. The quantitative estimate of drug-likeness (QED) is 0.663. The Morgan fingerprint density at radius 3 is 2.12 bits per heavy atom. The zero-order valence-corrected chi connectivity index (χ0v) is 10.3. The Morgan fingerprint density at radius 1 is 0.941 bits per heavy atom. The standard InChI is InChI=1S/C13H9Cl2NO/c14-10-4-1-8(2-5-10)13(17)9-3-6-12(16)11(15)7-9/h1-7H,16H2. The van der Waals surface area contributed by atoms with Crippen molar-refractivity contribution in [2.45, 2.75) is 0 Å². The van der Waals surface area contributed by atoms with Crippen molar-refractivity contribution in [1.82, 2.24) is 0 Å². The first-order chi connectivity index (χ1) is 8.08. The van der Waals surface area contributed by atoms with E-state index in [-0.39, 0.29) is 5.78 Å². The summed E-state index contributed by atoms with van der Waals surface area (Å²) in [6, 6.07) is 11.5. The van der Waals surface area contributed by atoms with Gasteiger partial charge >= 0.3 is 0 Å². The van der Waals surface area contributed by atoms with Gasteiger partial charge in [-0.1, -0.05) is 23.2 Å². The molecule has 0 saturated carbocycles. The Balaban J connectivity index is 2.37. The lowest BCUT2D eigenvalue weighted by atomic mass is 10.0. The fourth-order valence-corrected chi connectivity index (χ4v) is 1.74. The maximum absolute atomic E-state index is 12.1. The van der Waals surface area contributed by atoms with Crippen molar-refractivity contribution in [2.24, 2.45) is 0 Å². The molecule has 2 rings (SSSR count). The van der Waals surface area contributed by atoms with Crippen LogP contribution in [-0.2, 0) is 0 Å². The minimum absolute atomic E-state index is 0.108. The number of rotatable bonds is 2. The summed E-state index contributed by atoms with van der Waals surface area (Å²) in [5.74, 6) is -0.108. The molecule has 0 atom stereocenters. The van der Waals surface area contributed by atoms with Gasteiger partial charge in [-0.2, -0.15) is 0 Å². The van der Waals surface area contributed by atoms with Crippen molar-refractivity contribution < 1.29 is 4.79 Å². The van der Waals surface area contributed by atoms with Gasteiger partial charge < -0.3 is 5.73 Å². The summed E-state index contributed by atoms with van der Waals surface area (Å²) in [7, 11) is 0. The highest BCUT2D eigenvalue weighted by molar-refractivity contribution is 6.33. The number of carbonyl (C=O) groups is 1. The zero-order chi connectivity index (χ0) is 12.4. The largest absolute Gasteiger partial charge is 0.398 e. The third-order valence-corrected chi connectivity index (χ3v) is 2.95. The minimum atomic E-state index is -0.108. The van der Waals surface area contributed by atoms with Crippen LogP contribution in [0.25, 0.3) is 0 Å². The smallest absolute Gasteiger partial charge is 0.193 e. The second-order valence-corrected chi connectivity index (χ2v) is 4.42. The van der Waals surface area contributed by atoms with Crippen LogP contribution in [0.5, 0.6) is 0 Å². The van der Waals surface area contributed by atoms with Crippen LogP contribution in [0.15, 0.2) is 42.5 Å². The van der Waals surface area contributed by atoms with Crippen LogP contribution >= 0.6 is 23.2 Å². The number of nitrogen functional groups attached to an aromatic ring is 1. The Labute approximate surface area is 109 Å². The number of halogens is 2. The molecule has 0 saturated heterocycles. The first-order valence-electron chi connectivity index (χ1n) is 4.93. The van der Waals surface area contributed by atoms with E-state index < -0.39 is 0 Å². The van der Waals surface area contributed by atoms with Crippen LogP contribution in [0.1, 0.15) is 15.9 Å². The Hall–Kier alpha value is -1.51. The average molecular weight is 266 g/mol. The number of hydrogen-bond donors (Lipinski definition) is 1. The van der Waals surface area contributed by atoms with Crippen molar-refractivity contribution >= 4 is 34.7 Å². The van der Waals surface area contributed by atoms with Gasteiger partial charge in [0.1, 0.15) is 0 Å². The van der Waals surface area contributed by atoms with Crippen LogP contribution in [0.3, 0.4) is 0 Å². The maximum Gasteiger partial charge on any atom is 0.193 e. The Kier molecular flexibility index (Phi) is 3.36. The van der Waals surface area contributed by atoms with Crippen molar-refractivity contribution in [3.63, 3.8) is 0 Å². The van der Waals surface area contributed by atoms with Gasteiger partial charge in [-0.05, 0) is 42.5 Å². The van der Waals surface area contributed by atoms with Crippen molar-refractivity contribution in [3.05, 3.63) is 63.6 Å². The summed E-state index contributed by atoms with van der Waals surface area (Å²) in [6.45, 7) is 0. The molecule has 2 aromatic carbocycles. The molecule has 0 spiro atoms. The lowest BCUT2D eigenvalue weighted by Crippen LogP contribution is -2.01. The van der Waals surface area contributed by atoms with E-state index in [0.29, 0.717) is 26.9 Å². The van der Waals surface area contributed by atoms with Crippen molar-refractivity contribution in [2.75, 3.05) is 5.73 Å². The van der Waals surface area contributed by atoms with Gasteiger partial charge in [0.15, 0.2) is 5.78 Å². The molecular formula is C13H9Cl2NO. The van der Waals surface area contributed by atoms with E-state index in [9.17, 15) is 4.79 Å². The third kappa shape index (κ3) is 2.60. The minimum Gasteiger partial charge on any atom is -0.398 e. The molecule has 0 aromatic heterocycles. The molecule has 0 aliphatic carbocycles. The fourth-order valence-electron chi connectivity index (χ4n) is 1.44. The molecule has 0 radical (unpaired) electrons. The summed E-state index contributed by atoms with van der Waals surface area (Å²) < 4.78 is 0. The van der Waals surface area contributed by atoms with E-state index in [4.69, 9.17) is 28.9 Å². The second-order valence-electron chi connectivity index (χ2n) is 3.57. The molecule has 0 amide bonds. The first kappa shape index (κ1) is 12.0. The summed E-state index contributed by atoms with van der Waals surface area (Å²) in [6.07, 6.45) is 0. The van der Waals surface area contributed by atoms with E-state index in [1.54, 1.807) is 42.5 Å². The highest BCUT2D eigenvalue weighted by Gasteiger charge is 2.10. The van der Waals surface area contributed by atoms with E-state index >= 15 is 0 Å². The summed E-state index contributed by atoms with van der Waals surface area (Å²) >= 11 is 11.6. The number of nitrogens with two attached hydrogens (primary N) is 1. The molecule has 4 heteroatoms. The number of hydrogen-bond acceptors (Lipinski definition) is 2. The number of ketones is 1. The maximum atomic E-state index is 12.1. The zero-order valence-electron chi connectivity index (χ0n) is 8.78. The molecule has 0 heterocycles. The van der Waals surface area contributed by atoms with E-state index in [1.807, 2.05) is 0 Å². The van der Waals surface area contributed by atoms with Crippen molar-refractivity contribution in [1.29, 1.82) is 0 Å². The molecule has 0 bridgehead atoms. The molecule has 2 nitrogen and oxygen atoms in total. The molecule has 2 N–H and O–H groups in total. The Bertz CT molecular complexity index is 564. The second kappa shape index (κ2) is 4.78. The molecule has 86 valence electrons. The predicted molar refractivity (Wildman–Crippen MR) is 70.7 cm³/mol. The SMILES string of the molecule is Nc1ccc(C(=O)c2ccc(Cl)cc2)cc1Cl. The molecule has 0 fully saturated rings. The van der Waals surface area contributed by atoms with E-state index in [1.165, 1.54) is 0 Å². The molecular weight excluding hydrogens is 257 g/mol. The number of benzene rings is 2. The topological polar surface area (TPSA) is 43.1 Å². The van der Waals surface area contributed by atoms with Gasteiger partial charge in [0, 0.05) is 16.1 Å². The first-order valence-corrected chi connectivity index (χ1v) is 5.69. The summed E-state index contributed by atoms with van der Waals surface area (Å²) in [5.41, 5.74) is 7.12. The van der Waals surface area contributed by atoms with Crippen LogP contribution < -0.4 is 5.73 Å². The van der Waals surface area contributed by atoms with E-state index in [0.717, 1.165) is 0 Å². The third-order valence-electron chi connectivity index (χ3n) is 2.37. The highest BCUT2D eigenvalue weighted by Crippen LogP contribution is 2.22. The van der Waals surface area contributed by atoms with Crippen molar-refractivity contribution in [3.8, 4) is 0 Å². The van der Waals surface area contributed by atoms with Gasteiger partial charge in [-0.3, -0.25) is 4.79 Å². The Morgan fingerprint density at radius 2 is 1.53 bits per heavy atom. The fraction of sp³-hybridized carbons (Fsp3) is 0. The monoisotopic (exact) mass is 265 g/mol. The van der Waals surface area contributed by atoms with Gasteiger partial charge in [-0.25, -0.2) is 0 Å². The predicted octanol–water partition coefficient (Wildman–Crippen LogP) is 3.81. The average Bonchev–Trinajstić information content (AvgIpc) is 2.33. The van der Waals surface area contributed by atoms with Gasteiger partial charge in [0.05, 0.1) is 10.7 Å². The lowest BCUT2D eigenvalue weighted by Gasteiger charge is -2.03. The highest BCUT2D eigenvalue weighted by atomic mass is 35.5. The lowest BCUT2D eigenvalue weighted by molar-refractivity contribution is 0.103. The number of carbonyl (C=O) groups excluding carboxylic acids is 1. The normalized spacial score (nSPS) is 10.2. The molecule has 17 heavy (non-hydrogen) atoms. The molecule has 0 unspecified atom stereocenters. The molecule has 0 aliphatic heterocycles. The van der Waals surface area contributed by atoms with Crippen LogP contribution in [-0.4, -0.2) is 5.78 Å². The van der Waals surface area contributed by atoms with Gasteiger partial charge in [0.25, 0.3) is 0 Å². The summed E-state index contributed by atoms with van der Waals surface area (Å²) in [4.78, 5) is 12.1. The van der Waals surface area contributed by atoms with E-state index in [2.05, 4.69) is 0 Å². The molecule has 2 aromatic rings. The van der Waals surface area contributed by atoms with Crippen LogP contribution in [0.4, 0.5) is 5.69 Å². The van der Waals surface area contributed by atoms with Gasteiger partial charge in [0.2, 0.25) is 0 Å². The van der Waals surface area contributed by atoms with Gasteiger partial charge in [-0.15, -0.1) is 0 Å². The summed E-state index contributed by atoms with van der Waals surface area (Å²) in [5, 5.41) is 0.974. The number of anilines is 1.